The SMILES string of the molecule is c1ccc(N2CCN(Cc3ccccc3CNC3CCSCC3)CC2)cc1. The van der Waals surface area contributed by atoms with Crippen LogP contribution in [0.15, 0.2) is 54.6 Å². The van der Waals surface area contributed by atoms with Crippen LogP contribution in [-0.2, 0) is 13.1 Å². The highest BCUT2D eigenvalue weighted by Crippen LogP contribution is 2.20. The van der Waals surface area contributed by atoms with E-state index < -0.39 is 0 Å². The molecule has 2 aliphatic rings. The first-order valence-corrected chi connectivity index (χ1v) is 11.4. The summed E-state index contributed by atoms with van der Waals surface area (Å²) in [5, 5.41) is 3.80. The van der Waals surface area contributed by atoms with E-state index in [4.69, 9.17) is 0 Å². The average Bonchev–Trinajstić information content (AvgIpc) is 2.75. The maximum atomic E-state index is 3.80. The van der Waals surface area contributed by atoms with E-state index in [1.165, 1.54) is 41.2 Å². The summed E-state index contributed by atoms with van der Waals surface area (Å²) < 4.78 is 0. The lowest BCUT2D eigenvalue weighted by Crippen LogP contribution is -2.46. The molecule has 0 unspecified atom stereocenters. The molecule has 0 bridgehead atoms. The Labute approximate surface area is 168 Å². The topological polar surface area (TPSA) is 18.5 Å². The van der Waals surface area contributed by atoms with Gasteiger partial charge in [0.15, 0.2) is 0 Å². The number of para-hydroxylation sites is 1. The molecule has 3 nitrogen and oxygen atoms in total. The molecule has 2 aromatic rings. The molecule has 2 heterocycles. The highest BCUT2D eigenvalue weighted by molar-refractivity contribution is 7.99. The van der Waals surface area contributed by atoms with Crippen molar-refractivity contribution in [2.45, 2.75) is 32.0 Å². The summed E-state index contributed by atoms with van der Waals surface area (Å²) in [6, 6.07) is 20.5. The van der Waals surface area contributed by atoms with Crippen LogP contribution >= 0.6 is 11.8 Å². The summed E-state index contributed by atoms with van der Waals surface area (Å²) >= 11 is 2.09. The highest BCUT2D eigenvalue weighted by Gasteiger charge is 2.18. The van der Waals surface area contributed by atoms with Gasteiger partial charge in [0.05, 0.1) is 0 Å². The quantitative estimate of drug-likeness (QED) is 0.815. The minimum atomic E-state index is 0.703. The normalized spacial score (nSPS) is 19.3. The lowest BCUT2D eigenvalue weighted by atomic mass is 10.1. The summed E-state index contributed by atoms with van der Waals surface area (Å²) in [6.07, 6.45) is 2.63. The molecule has 2 fully saturated rings. The standard InChI is InChI=1S/C23H31N3S/c1-2-8-23(9-3-1)26-14-12-25(13-15-26)19-21-7-5-4-6-20(21)18-24-22-10-16-27-17-11-22/h1-9,22,24H,10-19H2. The summed E-state index contributed by atoms with van der Waals surface area (Å²) in [6.45, 7) is 6.58. The van der Waals surface area contributed by atoms with E-state index in [1.807, 2.05) is 0 Å². The van der Waals surface area contributed by atoms with Gasteiger partial charge in [-0.2, -0.15) is 11.8 Å². The lowest BCUT2D eigenvalue weighted by molar-refractivity contribution is 0.249. The Hall–Kier alpha value is -1.49. The molecule has 0 aromatic heterocycles. The van der Waals surface area contributed by atoms with Crippen molar-refractivity contribution in [3.05, 3.63) is 65.7 Å². The van der Waals surface area contributed by atoms with Gasteiger partial charge in [-0.15, -0.1) is 0 Å². The van der Waals surface area contributed by atoms with Crippen LogP contribution in [0.3, 0.4) is 0 Å². The van der Waals surface area contributed by atoms with Crippen LogP contribution in [0.4, 0.5) is 5.69 Å². The van der Waals surface area contributed by atoms with Crippen molar-refractivity contribution in [1.29, 1.82) is 0 Å². The lowest BCUT2D eigenvalue weighted by Gasteiger charge is -2.36. The van der Waals surface area contributed by atoms with E-state index in [-0.39, 0.29) is 0 Å². The Bertz CT molecular complexity index is 692. The van der Waals surface area contributed by atoms with Crippen LogP contribution in [0.1, 0.15) is 24.0 Å². The number of nitrogens with one attached hydrogen (secondary N) is 1. The molecule has 4 heteroatoms. The third kappa shape index (κ3) is 5.28. The van der Waals surface area contributed by atoms with Crippen LogP contribution in [-0.4, -0.2) is 48.6 Å². The molecule has 0 spiro atoms. The summed E-state index contributed by atoms with van der Waals surface area (Å²) in [5.74, 6) is 2.62. The first-order valence-electron chi connectivity index (χ1n) is 10.3. The number of hydrogen-bond donors (Lipinski definition) is 1. The minimum absolute atomic E-state index is 0.703. The molecule has 2 aromatic carbocycles. The molecule has 0 atom stereocenters. The molecule has 0 amide bonds. The van der Waals surface area contributed by atoms with Gasteiger partial charge in [0.25, 0.3) is 0 Å². The second kappa shape index (κ2) is 9.63. The number of benzene rings is 2. The van der Waals surface area contributed by atoms with E-state index in [1.54, 1.807) is 0 Å². The van der Waals surface area contributed by atoms with Crippen molar-refractivity contribution >= 4 is 17.4 Å². The van der Waals surface area contributed by atoms with Crippen molar-refractivity contribution in [1.82, 2.24) is 10.2 Å². The zero-order valence-corrected chi connectivity index (χ0v) is 17.0. The molecule has 4 rings (SSSR count). The zero-order chi connectivity index (χ0) is 18.3. The van der Waals surface area contributed by atoms with E-state index in [0.29, 0.717) is 6.04 Å². The fourth-order valence-corrected chi connectivity index (χ4v) is 5.19. The van der Waals surface area contributed by atoms with Crippen LogP contribution in [0.5, 0.6) is 0 Å². The molecular formula is C23H31N3S. The van der Waals surface area contributed by atoms with Gasteiger partial charge < -0.3 is 10.2 Å². The van der Waals surface area contributed by atoms with E-state index in [2.05, 4.69) is 81.5 Å². The first-order chi connectivity index (χ1) is 13.4. The molecule has 27 heavy (non-hydrogen) atoms. The van der Waals surface area contributed by atoms with Crippen LogP contribution in [0, 0.1) is 0 Å². The van der Waals surface area contributed by atoms with Gasteiger partial charge in [0.2, 0.25) is 0 Å². The van der Waals surface area contributed by atoms with Crippen molar-refractivity contribution in [3.63, 3.8) is 0 Å². The van der Waals surface area contributed by atoms with Gasteiger partial charge >= 0.3 is 0 Å². The van der Waals surface area contributed by atoms with E-state index in [0.717, 1.165) is 39.3 Å². The Morgan fingerprint density at radius 2 is 1.48 bits per heavy atom. The monoisotopic (exact) mass is 381 g/mol. The second-order valence-electron chi connectivity index (χ2n) is 7.64. The molecule has 1 N–H and O–H groups in total. The predicted octanol–water partition coefficient (Wildman–Crippen LogP) is 3.99. The highest BCUT2D eigenvalue weighted by atomic mass is 32.2. The molecule has 144 valence electrons. The van der Waals surface area contributed by atoms with Gasteiger partial charge in [-0.25, -0.2) is 0 Å². The van der Waals surface area contributed by atoms with Crippen molar-refractivity contribution in [3.8, 4) is 0 Å². The van der Waals surface area contributed by atoms with Gasteiger partial charge in [0, 0.05) is 51.0 Å². The van der Waals surface area contributed by atoms with Gasteiger partial charge in [-0.1, -0.05) is 42.5 Å². The number of rotatable bonds is 6. The molecule has 0 saturated carbocycles. The van der Waals surface area contributed by atoms with E-state index >= 15 is 0 Å². The third-order valence-corrected chi connectivity index (χ3v) is 6.86. The summed E-state index contributed by atoms with van der Waals surface area (Å²) in [5.41, 5.74) is 4.32. The molecule has 0 radical (unpaired) electrons. The van der Waals surface area contributed by atoms with Crippen LogP contribution in [0.25, 0.3) is 0 Å². The molecule has 2 saturated heterocycles. The van der Waals surface area contributed by atoms with Gasteiger partial charge in [-0.3, -0.25) is 4.90 Å². The summed E-state index contributed by atoms with van der Waals surface area (Å²) in [7, 11) is 0. The van der Waals surface area contributed by atoms with Crippen LogP contribution < -0.4 is 10.2 Å². The Morgan fingerprint density at radius 3 is 2.22 bits per heavy atom. The Balaban J connectivity index is 1.30. The largest absolute Gasteiger partial charge is 0.369 e. The maximum absolute atomic E-state index is 3.80. The summed E-state index contributed by atoms with van der Waals surface area (Å²) in [4.78, 5) is 5.11. The molecule has 0 aliphatic carbocycles. The van der Waals surface area contributed by atoms with Crippen molar-refractivity contribution < 1.29 is 0 Å². The number of piperazine rings is 1. The average molecular weight is 382 g/mol. The molecular weight excluding hydrogens is 350 g/mol. The first kappa shape index (κ1) is 18.9. The van der Waals surface area contributed by atoms with E-state index in [9.17, 15) is 0 Å². The number of anilines is 1. The smallest absolute Gasteiger partial charge is 0.0367 e. The maximum Gasteiger partial charge on any atom is 0.0367 e. The molecule has 2 aliphatic heterocycles. The van der Waals surface area contributed by atoms with Crippen molar-refractivity contribution in [2.24, 2.45) is 0 Å². The Morgan fingerprint density at radius 1 is 0.815 bits per heavy atom. The fraction of sp³-hybridized carbons (Fsp3) is 0.478. The third-order valence-electron chi connectivity index (χ3n) is 5.81. The van der Waals surface area contributed by atoms with Gasteiger partial charge in [0.1, 0.15) is 0 Å². The fourth-order valence-electron chi connectivity index (χ4n) is 4.08. The number of hydrogen-bond acceptors (Lipinski definition) is 4. The second-order valence-corrected chi connectivity index (χ2v) is 8.86. The zero-order valence-electron chi connectivity index (χ0n) is 16.1. The Kier molecular flexibility index (Phi) is 6.72. The predicted molar refractivity (Wildman–Crippen MR) is 118 cm³/mol. The minimum Gasteiger partial charge on any atom is -0.369 e. The van der Waals surface area contributed by atoms with Crippen LogP contribution in [0.2, 0.25) is 0 Å². The van der Waals surface area contributed by atoms with Crippen molar-refractivity contribution in [2.75, 3.05) is 42.6 Å². The number of thioether (sulfide) groups is 1. The van der Waals surface area contributed by atoms with Gasteiger partial charge in [-0.05, 0) is 47.6 Å². The number of nitrogens with zero attached hydrogens (tertiary/aromatic N) is 2.